The van der Waals surface area contributed by atoms with E-state index in [1.807, 2.05) is 0 Å². The average molecular weight is 167 g/mol. The molecule has 12 heavy (non-hydrogen) atoms. The van der Waals surface area contributed by atoms with Crippen LogP contribution in [-0.4, -0.2) is 16.1 Å². The lowest BCUT2D eigenvalue weighted by molar-refractivity contribution is 0.154. The van der Waals surface area contributed by atoms with Crippen molar-refractivity contribution in [3.05, 3.63) is 23.9 Å². The SMILES string of the molecule is C[C@H](N)[C@@H](O)c1cccnc1N. The number of aromatic nitrogens is 1. The minimum Gasteiger partial charge on any atom is -0.387 e. The number of nitrogens with two attached hydrogens (primary N) is 2. The van der Waals surface area contributed by atoms with Gasteiger partial charge in [0.25, 0.3) is 0 Å². The summed E-state index contributed by atoms with van der Waals surface area (Å²) in [6.07, 6.45) is 0.839. The summed E-state index contributed by atoms with van der Waals surface area (Å²) < 4.78 is 0. The van der Waals surface area contributed by atoms with Crippen LogP contribution in [0.1, 0.15) is 18.6 Å². The third-order valence-electron chi connectivity index (χ3n) is 1.69. The van der Waals surface area contributed by atoms with Crippen LogP contribution in [-0.2, 0) is 0 Å². The number of nitrogens with zero attached hydrogens (tertiary/aromatic N) is 1. The molecule has 1 aromatic rings. The van der Waals surface area contributed by atoms with E-state index in [1.54, 1.807) is 25.3 Å². The smallest absolute Gasteiger partial charge is 0.129 e. The molecular weight excluding hydrogens is 154 g/mol. The Kier molecular flexibility index (Phi) is 2.62. The number of pyridine rings is 1. The quantitative estimate of drug-likeness (QED) is 0.580. The van der Waals surface area contributed by atoms with E-state index in [0.29, 0.717) is 11.4 Å². The van der Waals surface area contributed by atoms with E-state index in [2.05, 4.69) is 4.98 Å². The standard InChI is InChI=1S/C8H13N3O/c1-5(9)7(12)6-3-2-4-11-8(6)10/h2-5,7,12H,9H2,1H3,(H2,10,11)/t5-,7+/m0/s1. The van der Waals surface area contributed by atoms with Gasteiger partial charge < -0.3 is 16.6 Å². The van der Waals surface area contributed by atoms with Crippen LogP contribution in [0.2, 0.25) is 0 Å². The van der Waals surface area contributed by atoms with Gasteiger partial charge >= 0.3 is 0 Å². The zero-order valence-electron chi connectivity index (χ0n) is 6.94. The third kappa shape index (κ3) is 1.72. The van der Waals surface area contributed by atoms with Gasteiger partial charge in [0.05, 0.1) is 6.10 Å². The van der Waals surface area contributed by atoms with E-state index >= 15 is 0 Å². The van der Waals surface area contributed by atoms with E-state index in [0.717, 1.165) is 0 Å². The zero-order chi connectivity index (χ0) is 9.14. The van der Waals surface area contributed by atoms with Gasteiger partial charge in [-0.15, -0.1) is 0 Å². The number of aliphatic hydroxyl groups is 1. The van der Waals surface area contributed by atoms with Crippen LogP contribution in [0.5, 0.6) is 0 Å². The predicted octanol–water partition coefficient (Wildman–Crippen LogP) is 0.0444. The number of rotatable bonds is 2. The summed E-state index contributed by atoms with van der Waals surface area (Å²) in [5.41, 5.74) is 11.6. The Morgan fingerprint density at radius 2 is 2.25 bits per heavy atom. The highest BCUT2D eigenvalue weighted by Gasteiger charge is 2.14. The summed E-state index contributed by atoms with van der Waals surface area (Å²) in [7, 11) is 0. The summed E-state index contributed by atoms with van der Waals surface area (Å²) >= 11 is 0. The van der Waals surface area contributed by atoms with Crippen LogP contribution in [0, 0.1) is 0 Å². The molecule has 66 valence electrons. The molecule has 1 heterocycles. The first kappa shape index (κ1) is 8.96. The van der Waals surface area contributed by atoms with E-state index in [1.165, 1.54) is 0 Å². The van der Waals surface area contributed by atoms with Crippen molar-refractivity contribution in [1.82, 2.24) is 4.98 Å². The molecule has 0 aliphatic rings. The maximum absolute atomic E-state index is 9.53. The first-order valence-electron chi connectivity index (χ1n) is 3.77. The molecule has 0 fully saturated rings. The highest BCUT2D eigenvalue weighted by Crippen LogP contribution is 2.19. The predicted molar refractivity (Wildman–Crippen MR) is 47.3 cm³/mol. The zero-order valence-corrected chi connectivity index (χ0v) is 6.94. The van der Waals surface area contributed by atoms with Crippen LogP contribution < -0.4 is 11.5 Å². The molecule has 0 radical (unpaired) electrons. The molecule has 0 bridgehead atoms. The summed E-state index contributed by atoms with van der Waals surface area (Å²) in [5.74, 6) is 0.335. The minimum atomic E-state index is -0.737. The van der Waals surface area contributed by atoms with Crippen molar-refractivity contribution in [2.75, 3.05) is 5.73 Å². The molecule has 1 aromatic heterocycles. The molecule has 5 N–H and O–H groups in total. The molecule has 0 unspecified atom stereocenters. The monoisotopic (exact) mass is 167 g/mol. The van der Waals surface area contributed by atoms with Gasteiger partial charge in [0.15, 0.2) is 0 Å². The van der Waals surface area contributed by atoms with E-state index in [-0.39, 0.29) is 6.04 Å². The van der Waals surface area contributed by atoms with Crippen LogP contribution >= 0.6 is 0 Å². The van der Waals surface area contributed by atoms with E-state index in [9.17, 15) is 5.11 Å². The van der Waals surface area contributed by atoms with Crippen molar-refractivity contribution in [2.24, 2.45) is 5.73 Å². The van der Waals surface area contributed by atoms with Crippen molar-refractivity contribution in [3.8, 4) is 0 Å². The second-order valence-electron chi connectivity index (χ2n) is 2.78. The fraction of sp³-hybridized carbons (Fsp3) is 0.375. The van der Waals surface area contributed by atoms with Gasteiger partial charge in [-0.05, 0) is 13.0 Å². The molecule has 0 amide bonds. The normalized spacial score (nSPS) is 15.6. The van der Waals surface area contributed by atoms with Gasteiger partial charge in [0.1, 0.15) is 5.82 Å². The molecule has 2 atom stereocenters. The van der Waals surface area contributed by atoms with Crippen molar-refractivity contribution >= 4 is 5.82 Å². The minimum absolute atomic E-state index is 0.335. The molecule has 4 heteroatoms. The lowest BCUT2D eigenvalue weighted by atomic mass is 10.1. The fourth-order valence-corrected chi connectivity index (χ4v) is 0.963. The fourth-order valence-electron chi connectivity index (χ4n) is 0.963. The number of anilines is 1. The molecule has 0 saturated heterocycles. The first-order chi connectivity index (χ1) is 5.63. The Bertz CT molecular complexity index is 262. The topological polar surface area (TPSA) is 85.2 Å². The summed E-state index contributed by atoms with van der Waals surface area (Å²) in [5, 5.41) is 9.53. The Balaban J connectivity index is 2.94. The summed E-state index contributed by atoms with van der Waals surface area (Å²) in [4.78, 5) is 3.84. The van der Waals surface area contributed by atoms with Crippen molar-refractivity contribution in [3.63, 3.8) is 0 Å². The van der Waals surface area contributed by atoms with Gasteiger partial charge in [-0.3, -0.25) is 0 Å². The average Bonchev–Trinajstić information content (AvgIpc) is 2.04. The Hall–Kier alpha value is -1.13. The summed E-state index contributed by atoms with van der Waals surface area (Å²) in [6, 6.07) is 3.10. The number of hydrogen-bond donors (Lipinski definition) is 3. The third-order valence-corrected chi connectivity index (χ3v) is 1.69. The molecular formula is C8H13N3O. The van der Waals surface area contributed by atoms with Gasteiger partial charge in [-0.25, -0.2) is 4.98 Å². The first-order valence-corrected chi connectivity index (χ1v) is 3.77. The molecule has 0 saturated carbocycles. The van der Waals surface area contributed by atoms with E-state index < -0.39 is 6.10 Å². The largest absolute Gasteiger partial charge is 0.387 e. The van der Waals surface area contributed by atoms with Crippen LogP contribution in [0.15, 0.2) is 18.3 Å². The maximum Gasteiger partial charge on any atom is 0.129 e. The lowest BCUT2D eigenvalue weighted by Crippen LogP contribution is -2.25. The van der Waals surface area contributed by atoms with Crippen molar-refractivity contribution in [1.29, 1.82) is 0 Å². The van der Waals surface area contributed by atoms with Crippen LogP contribution in [0.3, 0.4) is 0 Å². The molecule has 0 spiro atoms. The highest BCUT2D eigenvalue weighted by atomic mass is 16.3. The second kappa shape index (κ2) is 3.51. The number of nitrogen functional groups attached to an aromatic ring is 1. The molecule has 0 aliphatic heterocycles. The van der Waals surface area contributed by atoms with Crippen molar-refractivity contribution < 1.29 is 5.11 Å². The van der Waals surface area contributed by atoms with Crippen LogP contribution in [0.4, 0.5) is 5.82 Å². The highest BCUT2D eigenvalue weighted by molar-refractivity contribution is 5.40. The van der Waals surface area contributed by atoms with Crippen LogP contribution in [0.25, 0.3) is 0 Å². The second-order valence-corrected chi connectivity index (χ2v) is 2.78. The van der Waals surface area contributed by atoms with E-state index in [4.69, 9.17) is 11.5 Å². The van der Waals surface area contributed by atoms with Gasteiger partial charge in [0, 0.05) is 17.8 Å². The molecule has 4 nitrogen and oxygen atoms in total. The number of hydrogen-bond acceptors (Lipinski definition) is 4. The van der Waals surface area contributed by atoms with Crippen molar-refractivity contribution in [2.45, 2.75) is 19.1 Å². The van der Waals surface area contributed by atoms with Gasteiger partial charge in [-0.2, -0.15) is 0 Å². The lowest BCUT2D eigenvalue weighted by Gasteiger charge is -2.15. The Morgan fingerprint density at radius 1 is 1.58 bits per heavy atom. The summed E-state index contributed by atoms with van der Waals surface area (Å²) in [6.45, 7) is 1.72. The van der Waals surface area contributed by atoms with Gasteiger partial charge in [0.2, 0.25) is 0 Å². The molecule has 0 aromatic carbocycles. The molecule has 0 aliphatic carbocycles. The number of aliphatic hydroxyl groups excluding tert-OH is 1. The maximum atomic E-state index is 9.53. The van der Waals surface area contributed by atoms with Gasteiger partial charge in [-0.1, -0.05) is 6.07 Å². The molecule has 1 rings (SSSR count). The Morgan fingerprint density at radius 3 is 2.75 bits per heavy atom. The Labute approximate surface area is 71.2 Å².